The van der Waals surface area contributed by atoms with Gasteiger partial charge in [-0.1, -0.05) is 13.8 Å². The van der Waals surface area contributed by atoms with Crippen molar-refractivity contribution in [1.29, 1.82) is 0 Å². The Bertz CT molecular complexity index is 410. The molecule has 0 fully saturated rings. The number of aromatic nitrogens is 2. The Morgan fingerprint density at radius 1 is 1.41 bits per heavy atom. The van der Waals surface area contributed by atoms with E-state index in [1.165, 1.54) is 0 Å². The highest BCUT2D eigenvalue weighted by molar-refractivity contribution is 5.05. The van der Waals surface area contributed by atoms with Crippen LogP contribution in [0.3, 0.4) is 0 Å². The van der Waals surface area contributed by atoms with Crippen LogP contribution < -0.4 is 16.0 Å². The van der Waals surface area contributed by atoms with Gasteiger partial charge in [0, 0.05) is 24.5 Å². The molecule has 0 aliphatic rings. The number of hydrogen-bond donors (Lipinski definition) is 1. The van der Waals surface area contributed by atoms with Crippen molar-refractivity contribution in [3.63, 3.8) is 0 Å². The largest absolute Gasteiger partial charge is 0.472 e. The Balaban J connectivity index is 2.80. The Morgan fingerprint density at radius 3 is 2.59 bits per heavy atom. The molecule has 0 saturated heterocycles. The molecule has 0 amide bonds. The first-order chi connectivity index (χ1) is 8.06. The van der Waals surface area contributed by atoms with Gasteiger partial charge >= 0.3 is 5.56 Å². The molecule has 1 rings (SSSR count). The lowest BCUT2D eigenvalue weighted by Gasteiger charge is -2.25. The number of rotatable bonds is 6. The lowest BCUT2D eigenvalue weighted by Crippen LogP contribution is -2.45. The molecule has 0 aromatic carbocycles. The zero-order valence-corrected chi connectivity index (χ0v) is 10.8. The zero-order valence-electron chi connectivity index (χ0n) is 10.8. The van der Waals surface area contributed by atoms with E-state index in [-0.39, 0.29) is 17.0 Å². The number of ether oxygens (including phenoxy) is 1. The van der Waals surface area contributed by atoms with Crippen molar-refractivity contribution < 1.29 is 4.74 Å². The van der Waals surface area contributed by atoms with Gasteiger partial charge in [0.2, 0.25) is 0 Å². The molecule has 0 aliphatic carbocycles. The van der Waals surface area contributed by atoms with Gasteiger partial charge in [0.1, 0.15) is 6.61 Å². The van der Waals surface area contributed by atoms with Crippen molar-refractivity contribution in [1.82, 2.24) is 9.55 Å². The van der Waals surface area contributed by atoms with E-state index < -0.39 is 0 Å². The van der Waals surface area contributed by atoms with E-state index in [9.17, 15) is 4.79 Å². The molecule has 0 radical (unpaired) electrons. The molecule has 5 nitrogen and oxygen atoms in total. The maximum Gasteiger partial charge on any atom is 0.313 e. The molecule has 0 spiro atoms. The zero-order chi connectivity index (χ0) is 12.9. The van der Waals surface area contributed by atoms with Crippen LogP contribution in [-0.2, 0) is 6.54 Å². The summed E-state index contributed by atoms with van der Waals surface area (Å²) in [5, 5.41) is 0. The SMILES string of the molecule is CCn1ccnc(OCC(N)(CC)CC)c1=O. The summed E-state index contributed by atoms with van der Waals surface area (Å²) in [5.41, 5.74) is 5.51. The second kappa shape index (κ2) is 5.82. The standard InChI is InChI=1S/C12H21N3O2/c1-4-12(13,5-2)9-17-10-11(16)15(6-3)8-7-14-10/h7-8H,4-6,9,13H2,1-3H3. The minimum absolute atomic E-state index is 0.131. The van der Waals surface area contributed by atoms with Crippen molar-refractivity contribution in [2.24, 2.45) is 5.73 Å². The maximum absolute atomic E-state index is 11.8. The fourth-order valence-electron chi connectivity index (χ4n) is 1.44. The molecule has 17 heavy (non-hydrogen) atoms. The molecule has 96 valence electrons. The van der Waals surface area contributed by atoms with E-state index in [1.807, 2.05) is 20.8 Å². The van der Waals surface area contributed by atoms with Crippen LogP contribution in [0, 0.1) is 0 Å². The van der Waals surface area contributed by atoms with Crippen LogP contribution >= 0.6 is 0 Å². The predicted molar refractivity (Wildman–Crippen MR) is 67.2 cm³/mol. The average Bonchev–Trinajstić information content (AvgIpc) is 2.37. The van der Waals surface area contributed by atoms with Crippen LogP contribution in [0.1, 0.15) is 33.6 Å². The third-order valence-electron chi connectivity index (χ3n) is 3.13. The Hall–Kier alpha value is -1.36. The van der Waals surface area contributed by atoms with Gasteiger partial charge < -0.3 is 15.0 Å². The van der Waals surface area contributed by atoms with Crippen molar-refractivity contribution in [2.75, 3.05) is 6.61 Å². The first-order valence-electron chi connectivity index (χ1n) is 6.03. The predicted octanol–water partition coefficient (Wildman–Crippen LogP) is 1.16. The monoisotopic (exact) mass is 239 g/mol. The summed E-state index contributed by atoms with van der Waals surface area (Å²) in [6.45, 7) is 6.84. The molecule has 0 unspecified atom stereocenters. The van der Waals surface area contributed by atoms with Crippen molar-refractivity contribution in [3.8, 4) is 5.88 Å². The molecule has 0 saturated carbocycles. The van der Waals surface area contributed by atoms with E-state index in [4.69, 9.17) is 10.5 Å². The summed E-state index contributed by atoms with van der Waals surface area (Å²) in [7, 11) is 0. The van der Waals surface area contributed by atoms with Gasteiger partial charge in [0.15, 0.2) is 0 Å². The Morgan fingerprint density at radius 2 is 2.06 bits per heavy atom. The first kappa shape index (κ1) is 13.7. The lowest BCUT2D eigenvalue weighted by atomic mass is 9.96. The second-order valence-electron chi connectivity index (χ2n) is 4.18. The van der Waals surface area contributed by atoms with Crippen molar-refractivity contribution >= 4 is 0 Å². The molecule has 1 aromatic heterocycles. The van der Waals surface area contributed by atoms with Crippen LogP contribution in [0.25, 0.3) is 0 Å². The summed E-state index contributed by atoms with van der Waals surface area (Å²) in [6.07, 6.45) is 4.82. The summed E-state index contributed by atoms with van der Waals surface area (Å²) in [4.78, 5) is 15.8. The lowest BCUT2D eigenvalue weighted by molar-refractivity contribution is 0.197. The minimum Gasteiger partial charge on any atom is -0.472 e. The average molecular weight is 239 g/mol. The summed E-state index contributed by atoms with van der Waals surface area (Å²) < 4.78 is 7.01. The highest BCUT2D eigenvalue weighted by atomic mass is 16.5. The fourth-order valence-corrected chi connectivity index (χ4v) is 1.44. The fraction of sp³-hybridized carbons (Fsp3) is 0.667. The van der Waals surface area contributed by atoms with Crippen LogP contribution in [0.5, 0.6) is 5.88 Å². The minimum atomic E-state index is -0.388. The second-order valence-corrected chi connectivity index (χ2v) is 4.18. The van der Waals surface area contributed by atoms with Gasteiger partial charge in [-0.05, 0) is 19.8 Å². The quantitative estimate of drug-likeness (QED) is 0.808. The number of nitrogens with two attached hydrogens (primary N) is 1. The van der Waals surface area contributed by atoms with E-state index in [0.717, 1.165) is 12.8 Å². The van der Waals surface area contributed by atoms with Crippen LogP contribution in [0.4, 0.5) is 0 Å². The number of nitrogens with zero attached hydrogens (tertiary/aromatic N) is 2. The highest BCUT2D eigenvalue weighted by Gasteiger charge is 2.22. The Labute approximate surface area is 102 Å². The third-order valence-corrected chi connectivity index (χ3v) is 3.13. The van der Waals surface area contributed by atoms with Gasteiger partial charge in [-0.2, -0.15) is 0 Å². The van der Waals surface area contributed by atoms with Crippen LogP contribution in [0.2, 0.25) is 0 Å². The molecule has 0 aliphatic heterocycles. The summed E-state index contributed by atoms with van der Waals surface area (Å²) >= 11 is 0. The molecule has 1 heterocycles. The topological polar surface area (TPSA) is 70.1 Å². The molecular formula is C12H21N3O2. The number of hydrogen-bond acceptors (Lipinski definition) is 4. The van der Waals surface area contributed by atoms with Crippen molar-refractivity contribution in [2.45, 2.75) is 45.7 Å². The first-order valence-corrected chi connectivity index (χ1v) is 6.03. The van der Waals surface area contributed by atoms with Gasteiger partial charge in [-0.15, -0.1) is 0 Å². The van der Waals surface area contributed by atoms with Gasteiger partial charge in [0.25, 0.3) is 5.88 Å². The third kappa shape index (κ3) is 3.30. The van der Waals surface area contributed by atoms with Gasteiger partial charge in [0.05, 0.1) is 0 Å². The normalized spacial score (nSPS) is 11.5. The maximum atomic E-state index is 11.8. The summed E-state index contributed by atoms with van der Waals surface area (Å²) in [5.74, 6) is 0.131. The van der Waals surface area contributed by atoms with Crippen LogP contribution in [-0.4, -0.2) is 21.7 Å². The van der Waals surface area contributed by atoms with E-state index in [2.05, 4.69) is 4.98 Å². The van der Waals surface area contributed by atoms with Crippen LogP contribution in [0.15, 0.2) is 17.2 Å². The number of aryl methyl sites for hydroxylation is 1. The smallest absolute Gasteiger partial charge is 0.313 e. The van der Waals surface area contributed by atoms with Gasteiger partial charge in [-0.3, -0.25) is 4.79 Å². The van der Waals surface area contributed by atoms with E-state index >= 15 is 0 Å². The van der Waals surface area contributed by atoms with Crippen molar-refractivity contribution in [3.05, 3.63) is 22.7 Å². The highest BCUT2D eigenvalue weighted by Crippen LogP contribution is 2.12. The molecule has 1 aromatic rings. The molecule has 2 N–H and O–H groups in total. The Kier molecular flexibility index (Phi) is 4.69. The van der Waals surface area contributed by atoms with Gasteiger partial charge in [-0.25, -0.2) is 4.98 Å². The molecule has 0 atom stereocenters. The van der Waals surface area contributed by atoms with E-state index in [0.29, 0.717) is 13.2 Å². The molecule has 5 heteroatoms. The summed E-state index contributed by atoms with van der Waals surface area (Å²) in [6, 6.07) is 0. The van der Waals surface area contributed by atoms with E-state index in [1.54, 1.807) is 17.0 Å². The molecular weight excluding hydrogens is 218 g/mol. The molecule has 0 bridgehead atoms.